The fourth-order valence-electron chi connectivity index (χ4n) is 1.29. The van der Waals surface area contributed by atoms with Gasteiger partial charge in [0.15, 0.2) is 5.96 Å². The van der Waals surface area contributed by atoms with Crippen molar-refractivity contribution >= 4 is 22.5 Å². The molecule has 0 aliphatic heterocycles. The van der Waals surface area contributed by atoms with Crippen LogP contribution in [0.25, 0.3) is 10.9 Å². The minimum Gasteiger partial charge on any atom is -0.370 e. The summed E-state index contributed by atoms with van der Waals surface area (Å²) in [6.07, 6.45) is 1.88. The fraction of sp³-hybridized carbons (Fsp3) is 0. The number of nitrogens with one attached hydrogen (secondary N) is 3. The zero-order valence-electron chi connectivity index (χ0n) is 8.68. The van der Waals surface area contributed by atoms with Crippen molar-refractivity contribution in [3.63, 3.8) is 0 Å². The summed E-state index contributed by atoms with van der Waals surface area (Å²) in [5, 5.41) is 24.5. The van der Waals surface area contributed by atoms with E-state index in [1.807, 2.05) is 30.5 Å². The van der Waals surface area contributed by atoms with Crippen molar-refractivity contribution in [1.29, 1.82) is 5.41 Å². The zero-order valence-corrected chi connectivity index (χ0v) is 8.68. The molecule has 1 aromatic carbocycles. The van der Waals surface area contributed by atoms with E-state index >= 15 is 0 Å². The van der Waals surface area contributed by atoms with Gasteiger partial charge in [-0.2, -0.15) is 0 Å². The first kappa shape index (κ1) is 12.3. The van der Waals surface area contributed by atoms with Gasteiger partial charge in [-0.3, -0.25) is 5.41 Å². The van der Waals surface area contributed by atoms with Crippen molar-refractivity contribution in [2.24, 2.45) is 5.73 Å². The van der Waals surface area contributed by atoms with E-state index in [1.165, 1.54) is 0 Å². The Morgan fingerprint density at radius 3 is 2.76 bits per heavy atom. The summed E-state index contributed by atoms with van der Waals surface area (Å²) in [5.41, 5.74) is 7.12. The monoisotopic (exact) mass is 237 g/mol. The maximum absolute atomic E-state index is 8.36. The van der Waals surface area contributed by atoms with Crippen molar-refractivity contribution in [2.75, 3.05) is 5.32 Å². The number of aromatic amines is 1. The van der Waals surface area contributed by atoms with Gasteiger partial charge < -0.3 is 21.2 Å². The van der Waals surface area contributed by atoms with Crippen LogP contribution in [0.15, 0.2) is 30.5 Å². The van der Waals surface area contributed by atoms with Gasteiger partial charge in [-0.25, -0.2) is 0 Å². The van der Waals surface area contributed by atoms with Crippen LogP contribution in [-0.2, 0) is 0 Å². The Bertz CT molecular complexity index is 532. The summed E-state index contributed by atoms with van der Waals surface area (Å²) < 4.78 is 0. The predicted octanol–water partition coefficient (Wildman–Crippen LogP) is 1.13. The molecule has 8 nitrogen and oxygen atoms in total. The summed E-state index contributed by atoms with van der Waals surface area (Å²) >= 11 is 0. The molecule has 0 saturated heterocycles. The molecule has 0 saturated carbocycles. The number of fused-ring (bicyclic) bond motifs is 1. The van der Waals surface area contributed by atoms with Gasteiger partial charge in [0.2, 0.25) is 0 Å². The van der Waals surface area contributed by atoms with E-state index in [0.717, 1.165) is 16.6 Å². The number of nitrogens with two attached hydrogens (primary N) is 1. The lowest BCUT2D eigenvalue weighted by atomic mass is 10.2. The molecule has 0 spiro atoms. The summed E-state index contributed by atoms with van der Waals surface area (Å²) in [4.78, 5) is 11.4. The van der Waals surface area contributed by atoms with Gasteiger partial charge in [-0.05, 0) is 24.3 Å². The third-order valence-electron chi connectivity index (χ3n) is 1.83. The molecule has 2 rings (SSSR count). The number of aromatic nitrogens is 1. The van der Waals surface area contributed by atoms with Crippen LogP contribution in [0, 0.1) is 15.5 Å². The summed E-state index contributed by atoms with van der Waals surface area (Å²) in [6, 6.07) is 7.73. The molecular formula is C9H11N5O3. The third-order valence-corrected chi connectivity index (χ3v) is 1.83. The van der Waals surface area contributed by atoms with E-state index < -0.39 is 5.09 Å². The average Bonchev–Trinajstić information content (AvgIpc) is 2.62. The third kappa shape index (κ3) is 4.08. The van der Waals surface area contributed by atoms with Crippen LogP contribution in [0.4, 0.5) is 5.69 Å². The summed E-state index contributed by atoms with van der Waals surface area (Å²) in [7, 11) is 0. The summed E-state index contributed by atoms with van der Waals surface area (Å²) in [6.45, 7) is 0. The van der Waals surface area contributed by atoms with E-state index in [1.54, 1.807) is 0 Å². The lowest BCUT2D eigenvalue weighted by Crippen LogP contribution is -2.20. The van der Waals surface area contributed by atoms with E-state index in [4.69, 9.17) is 26.5 Å². The van der Waals surface area contributed by atoms with Gasteiger partial charge in [-0.1, -0.05) is 0 Å². The smallest absolute Gasteiger partial charge is 0.291 e. The van der Waals surface area contributed by atoms with Crippen LogP contribution >= 0.6 is 0 Å². The average molecular weight is 237 g/mol. The number of hydrogen-bond acceptors (Lipinski definition) is 3. The number of guanidine groups is 1. The Labute approximate surface area is 95.7 Å². The highest BCUT2D eigenvalue weighted by atomic mass is 16.9. The number of anilines is 1. The van der Waals surface area contributed by atoms with Crippen LogP contribution in [0.2, 0.25) is 0 Å². The molecule has 17 heavy (non-hydrogen) atoms. The summed E-state index contributed by atoms with van der Waals surface area (Å²) in [5.74, 6) is -0.0464. The van der Waals surface area contributed by atoms with Gasteiger partial charge >= 0.3 is 0 Å². The number of benzene rings is 1. The fourth-order valence-corrected chi connectivity index (χ4v) is 1.29. The van der Waals surface area contributed by atoms with Gasteiger partial charge in [0.25, 0.3) is 5.09 Å². The first-order chi connectivity index (χ1) is 7.99. The second-order valence-corrected chi connectivity index (χ2v) is 3.06. The normalized spacial score (nSPS) is 9.18. The molecule has 0 radical (unpaired) electrons. The molecule has 0 amide bonds. The zero-order chi connectivity index (χ0) is 12.8. The molecule has 0 aliphatic rings. The van der Waals surface area contributed by atoms with Crippen molar-refractivity contribution in [3.05, 3.63) is 40.6 Å². The Morgan fingerprint density at radius 2 is 2.18 bits per heavy atom. The van der Waals surface area contributed by atoms with E-state index in [9.17, 15) is 0 Å². The molecule has 6 N–H and O–H groups in total. The molecule has 0 unspecified atom stereocenters. The number of H-pyrrole nitrogens is 1. The highest BCUT2D eigenvalue weighted by molar-refractivity contribution is 5.93. The maximum atomic E-state index is 8.36. The second kappa shape index (κ2) is 5.35. The highest BCUT2D eigenvalue weighted by Crippen LogP contribution is 2.17. The number of rotatable bonds is 1. The molecule has 1 aromatic heterocycles. The standard InChI is InChI=1S/C9H10N4.HNO3/c10-9(11)13-7-1-2-8-6(5-7)3-4-12-8;2-1(3)4/h1-5,12H,(H4,10,11,13);(H,2,3,4). The molecule has 0 atom stereocenters. The van der Waals surface area contributed by atoms with Crippen LogP contribution in [0.3, 0.4) is 0 Å². The van der Waals surface area contributed by atoms with Crippen LogP contribution in [-0.4, -0.2) is 21.2 Å². The van der Waals surface area contributed by atoms with E-state index in [2.05, 4.69) is 10.3 Å². The minimum absolute atomic E-state index is 0.0464. The van der Waals surface area contributed by atoms with Gasteiger partial charge in [0, 0.05) is 22.8 Å². The maximum Gasteiger partial charge on any atom is 0.291 e. The molecule has 90 valence electrons. The molecular weight excluding hydrogens is 226 g/mol. The van der Waals surface area contributed by atoms with Gasteiger partial charge in [-0.15, -0.1) is 10.1 Å². The van der Waals surface area contributed by atoms with Crippen LogP contribution in [0.1, 0.15) is 0 Å². The minimum atomic E-state index is -1.50. The lowest BCUT2D eigenvalue weighted by Gasteiger charge is -2.02. The Morgan fingerprint density at radius 1 is 1.53 bits per heavy atom. The first-order valence-corrected chi connectivity index (χ1v) is 4.50. The first-order valence-electron chi connectivity index (χ1n) is 4.50. The highest BCUT2D eigenvalue weighted by Gasteiger charge is 1.96. The molecule has 2 aromatic rings. The van der Waals surface area contributed by atoms with Crippen molar-refractivity contribution in [3.8, 4) is 0 Å². The largest absolute Gasteiger partial charge is 0.370 e. The van der Waals surface area contributed by atoms with E-state index in [-0.39, 0.29) is 5.96 Å². The van der Waals surface area contributed by atoms with Crippen molar-refractivity contribution < 1.29 is 10.3 Å². The Kier molecular flexibility index (Phi) is 3.87. The lowest BCUT2D eigenvalue weighted by molar-refractivity contribution is -0.742. The molecule has 0 aliphatic carbocycles. The Balaban J connectivity index is 0.000000317. The van der Waals surface area contributed by atoms with Crippen LogP contribution < -0.4 is 11.1 Å². The Hall–Kier alpha value is -2.77. The van der Waals surface area contributed by atoms with E-state index in [0.29, 0.717) is 0 Å². The SMILES string of the molecule is N=C(N)Nc1ccc2[nH]ccc2c1.O=[N+]([O-])O. The number of nitrogens with zero attached hydrogens (tertiary/aromatic N) is 1. The molecule has 0 fully saturated rings. The number of hydrogen-bond donors (Lipinski definition) is 5. The van der Waals surface area contributed by atoms with Crippen molar-refractivity contribution in [1.82, 2.24) is 4.98 Å². The van der Waals surface area contributed by atoms with Gasteiger partial charge in [0.1, 0.15) is 0 Å². The quantitative estimate of drug-likeness (QED) is 0.219. The van der Waals surface area contributed by atoms with Crippen molar-refractivity contribution in [2.45, 2.75) is 0 Å². The van der Waals surface area contributed by atoms with Gasteiger partial charge in [0.05, 0.1) is 0 Å². The molecule has 0 bridgehead atoms. The topological polar surface area (TPSA) is 141 Å². The molecule has 8 heteroatoms. The predicted molar refractivity (Wildman–Crippen MR) is 62.6 cm³/mol. The van der Waals surface area contributed by atoms with Crippen LogP contribution in [0.5, 0.6) is 0 Å². The second-order valence-electron chi connectivity index (χ2n) is 3.06. The molecule has 1 heterocycles.